The Morgan fingerprint density at radius 3 is 2.61 bits per heavy atom. The Morgan fingerprint density at radius 2 is 2.04 bits per heavy atom. The molecule has 6 heteroatoms. The highest BCUT2D eigenvalue weighted by molar-refractivity contribution is 5.85. The second-order valence-electron chi connectivity index (χ2n) is 6.87. The van der Waals surface area contributed by atoms with Crippen LogP contribution in [0.2, 0.25) is 0 Å². The molecule has 0 bridgehead atoms. The molecule has 1 aromatic carbocycles. The third-order valence-corrected chi connectivity index (χ3v) is 4.65. The molecule has 4 nitrogen and oxygen atoms in total. The minimum atomic E-state index is -0.268. The van der Waals surface area contributed by atoms with E-state index in [4.69, 9.17) is 5.73 Å². The van der Waals surface area contributed by atoms with Gasteiger partial charge in [-0.1, -0.05) is 26.0 Å². The smallest absolute Gasteiger partial charge is 0.237 e. The fourth-order valence-electron chi connectivity index (χ4n) is 2.85. The summed E-state index contributed by atoms with van der Waals surface area (Å²) in [6, 6.07) is 6.16. The van der Waals surface area contributed by atoms with Gasteiger partial charge in [-0.2, -0.15) is 0 Å². The first-order valence-corrected chi connectivity index (χ1v) is 7.81. The maximum absolute atomic E-state index is 12.9. The van der Waals surface area contributed by atoms with Crippen LogP contribution < -0.4 is 11.1 Å². The molecule has 1 aromatic rings. The number of rotatable bonds is 4. The van der Waals surface area contributed by atoms with Crippen molar-refractivity contribution in [2.75, 3.05) is 13.1 Å². The van der Waals surface area contributed by atoms with Crippen LogP contribution in [0.15, 0.2) is 24.3 Å². The van der Waals surface area contributed by atoms with Gasteiger partial charge in [-0.15, -0.1) is 12.4 Å². The molecule has 1 aliphatic rings. The van der Waals surface area contributed by atoms with Gasteiger partial charge < -0.3 is 11.1 Å². The summed E-state index contributed by atoms with van der Waals surface area (Å²) in [7, 11) is 0. The van der Waals surface area contributed by atoms with Crippen LogP contribution in [0.3, 0.4) is 0 Å². The minimum absolute atomic E-state index is 0. The van der Waals surface area contributed by atoms with Crippen LogP contribution in [0.4, 0.5) is 4.39 Å². The minimum Gasteiger partial charge on any atom is -0.351 e. The zero-order chi connectivity index (χ0) is 16.3. The Morgan fingerprint density at radius 1 is 1.43 bits per heavy atom. The van der Waals surface area contributed by atoms with Crippen LogP contribution in [0, 0.1) is 11.2 Å². The molecule has 0 saturated carbocycles. The summed E-state index contributed by atoms with van der Waals surface area (Å²) in [5.41, 5.74) is 7.05. The third-order valence-electron chi connectivity index (χ3n) is 4.65. The molecule has 1 saturated heterocycles. The Hall–Kier alpha value is -1.17. The van der Waals surface area contributed by atoms with Crippen LogP contribution in [0.5, 0.6) is 0 Å². The van der Waals surface area contributed by atoms with E-state index >= 15 is 0 Å². The predicted molar refractivity (Wildman–Crippen MR) is 92.9 cm³/mol. The number of amides is 1. The van der Waals surface area contributed by atoms with Crippen molar-refractivity contribution in [2.24, 2.45) is 11.1 Å². The molecule has 23 heavy (non-hydrogen) atoms. The fourth-order valence-corrected chi connectivity index (χ4v) is 2.85. The zero-order valence-corrected chi connectivity index (χ0v) is 14.8. The Labute approximate surface area is 144 Å². The second kappa shape index (κ2) is 8.08. The average molecular weight is 344 g/mol. The van der Waals surface area contributed by atoms with E-state index < -0.39 is 0 Å². The van der Waals surface area contributed by atoms with Gasteiger partial charge in [-0.3, -0.25) is 9.69 Å². The zero-order valence-electron chi connectivity index (χ0n) is 14.0. The van der Waals surface area contributed by atoms with Gasteiger partial charge in [0.05, 0.1) is 6.04 Å². The molecular weight excluding hydrogens is 317 g/mol. The summed E-state index contributed by atoms with van der Waals surface area (Å²) < 4.78 is 12.9. The lowest BCUT2D eigenvalue weighted by Crippen LogP contribution is -2.57. The van der Waals surface area contributed by atoms with E-state index in [0.717, 1.165) is 25.1 Å². The number of piperidine rings is 1. The van der Waals surface area contributed by atoms with Crippen molar-refractivity contribution < 1.29 is 9.18 Å². The summed E-state index contributed by atoms with van der Waals surface area (Å²) >= 11 is 0. The van der Waals surface area contributed by atoms with Gasteiger partial charge in [0.1, 0.15) is 5.82 Å². The highest BCUT2D eigenvalue weighted by Crippen LogP contribution is 2.28. The molecule has 1 fully saturated rings. The molecule has 2 rings (SSSR count). The molecule has 0 aromatic heterocycles. The molecule has 0 spiro atoms. The third kappa shape index (κ3) is 5.16. The number of carbonyl (C=O) groups is 1. The fraction of sp³-hybridized carbons (Fsp3) is 0.588. The molecule has 3 N–H and O–H groups in total. The number of nitrogens with one attached hydrogen (secondary N) is 1. The normalized spacial score (nSPS) is 22.0. The number of halogens is 2. The number of carbonyl (C=O) groups excluding carboxylic acids is 1. The van der Waals surface area contributed by atoms with Crippen molar-refractivity contribution in [3.05, 3.63) is 35.6 Å². The number of nitrogens with two attached hydrogens (primary N) is 1. The first-order valence-electron chi connectivity index (χ1n) is 7.81. The molecule has 1 heterocycles. The van der Waals surface area contributed by atoms with Crippen LogP contribution in [0.1, 0.15) is 32.8 Å². The molecular formula is C17H27ClFN3O. The Bertz CT molecular complexity index is 521. The van der Waals surface area contributed by atoms with E-state index in [1.807, 2.05) is 6.92 Å². The molecule has 2 atom stereocenters. The van der Waals surface area contributed by atoms with E-state index in [1.165, 1.54) is 12.1 Å². The highest BCUT2D eigenvalue weighted by Gasteiger charge is 2.36. The Kier molecular flexibility index (Phi) is 6.99. The molecule has 1 amide bonds. The van der Waals surface area contributed by atoms with Crippen LogP contribution in [-0.4, -0.2) is 36.0 Å². The van der Waals surface area contributed by atoms with Crippen molar-refractivity contribution >= 4 is 18.3 Å². The van der Waals surface area contributed by atoms with Gasteiger partial charge in [-0.05, 0) is 36.5 Å². The van der Waals surface area contributed by atoms with Crippen molar-refractivity contribution in [3.63, 3.8) is 0 Å². The van der Waals surface area contributed by atoms with Gasteiger partial charge in [0.2, 0.25) is 5.91 Å². The lowest BCUT2D eigenvalue weighted by molar-refractivity contribution is -0.127. The number of hydrogen-bond acceptors (Lipinski definition) is 3. The van der Waals surface area contributed by atoms with E-state index in [2.05, 4.69) is 24.1 Å². The SMILES string of the molecule is CC(C(=O)NCc1ccc(F)cc1)N1CCC(N)C(C)(C)C1.Cl. The molecule has 130 valence electrons. The maximum Gasteiger partial charge on any atom is 0.237 e. The lowest BCUT2D eigenvalue weighted by atomic mass is 9.79. The monoisotopic (exact) mass is 343 g/mol. The first-order chi connectivity index (χ1) is 10.3. The van der Waals surface area contributed by atoms with E-state index in [9.17, 15) is 9.18 Å². The second-order valence-corrected chi connectivity index (χ2v) is 6.87. The van der Waals surface area contributed by atoms with E-state index in [0.29, 0.717) is 6.54 Å². The predicted octanol–water partition coefficient (Wildman–Crippen LogP) is 2.31. The summed E-state index contributed by atoms with van der Waals surface area (Å²) in [6.45, 7) is 8.29. The van der Waals surface area contributed by atoms with Gasteiger partial charge in [0.15, 0.2) is 0 Å². The van der Waals surface area contributed by atoms with Crippen LogP contribution in [0.25, 0.3) is 0 Å². The Balaban J connectivity index is 0.00000264. The topological polar surface area (TPSA) is 58.4 Å². The van der Waals surface area contributed by atoms with Crippen LogP contribution >= 0.6 is 12.4 Å². The number of likely N-dealkylation sites (tertiary alicyclic amines) is 1. The van der Waals surface area contributed by atoms with Gasteiger partial charge >= 0.3 is 0 Å². The van der Waals surface area contributed by atoms with E-state index in [1.54, 1.807) is 12.1 Å². The quantitative estimate of drug-likeness (QED) is 0.882. The van der Waals surface area contributed by atoms with Gasteiger partial charge in [-0.25, -0.2) is 4.39 Å². The van der Waals surface area contributed by atoms with Gasteiger partial charge in [0.25, 0.3) is 0 Å². The standard InChI is InChI=1S/C17H26FN3O.ClH/c1-12(21-9-8-15(19)17(2,3)11-21)16(22)20-10-13-4-6-14(18)7-5-13;/h4-7,12,15H,8-11,19H2,1-3H3,(H,20,22);1H. The summed E-state index contributed by atoms with van der Waals surface area (Å²) in [5.74, 6) is -0.272. The van der Waals surface area contributed by atoms with Crippen molar-refractivity contribution in [3.8, 4) is 0 Å². The number of hydrogen-bond donors (Lipinski definition) is 2. The van der Waals surface area contributed by atoms with Crippen molar-refractivity contribution in [1.29, 1.82) is 0 Å². The molecule has 0 radical (unpaired) electrons. The number of benzene rings is 1. The molecule has 1 aliphatic heterocycles. The summed E-state index contributed by atoms with van der Waals surface area (Å²) in [5, 5.41) is 2.92. The van der Waals surface area contributed by atoms with Crippen molar-refractivity contribution in [2.45, 2.75) is 45.8 Å². The largest absolute Gasteiger partial charge is 0.351 e. The summed E-state index contributed by atoms with van der Waals surface area (Å²) in [4.78, 5) is 14.5. The average Bonchev–Trinajstić information content (AvgIpc) is 2.48. The first kappa shape index (κ1) is 19.9. The molecule has 0 aliphatic carbocycles. The van der Waals surface area contributed by atoms with Gasteiger partial charge in [0, 0.05) is 25.7 Å². The van der Waals surface area contributed by atoms with E-state index in [-0.39, 0.29) is 41.6 Å². The highest BCUT2D eigenvalue weighted by atomic mass is 35.5. The summed E-state index contributed by atoms with van der Waals surface area (Å²) in [6.07, 6.45) is 0.905. The van der Waals surface area contributed by atoms with Crippen LogP contribution in [-0.2, 0) is 11.3 Å². The number of nitrogens with zero attached hydrogens (tertiary/aromatic N) is 1. The maximum atomic E-state index is 12.9. The molecule has 2 unspecified atom stereocenters. The lowest BCUT2D eigenvalue weighted by Gasteiger charge is -2.44. The van der Waals surface area contributed by atoms with Crippen molar-refractivity contribution in [1.82, 2.24) is 10.2 Å².